The fraction of sp³-hybridized carbons (Fsp3) is 1.00. The molecule has 0 amide bonds. The molecular formula is C7H18N2O. The van der Waals surface area contributed by atoms with Gasteiger partial charge in [0, 0.05) is 0 Å². The topological polar surface area (TPSA) is 44.3 Å². The van der Waals surface area contributed by atoms with Gasteiger partial charge in [0.05, 0.1) is 6.10 Å². The van der Waals surface area contributed by atoms with Crippen LogP contribution in [0.1, 0.15) is 12.8 Å². The first-order valence-electron chi connectivity index (χ1n) is 3.78. The molecule has 0 aromatic rings. The molecule has 62 valence electrons. The first-order chi connectivity index (χ1) is 4.81. The molecule has 0 aliphatic heterocycles. The minimum Gasteiger partial charge on any atom is -0.393 e. The highest BCUT2D eigenvalue weighted by atomic mass is 16.3. The van der Waals surface area contributed by atoms with E-state index in [-0.39, 0.29) is 6.10 Å². The molecule has 3 nitrogen and oxygen atoms in total. The van der Waals surface area contributed by atoms with Crippen LogP contribution < -0.4 is 10.6 Å². The number of nitrogens with one attached hydrogen (secondary N) is 2. The summed E-state index contributed by atoms with van der Waals surface area (Å²) in [6, 6.07) is 0. The lowest BCUT2D eigenvalue weighted by Crippen LogP contribution is -2.21. The van der Waals surface area contributed by atoms with Gasteiger partial charge in [-0.15, -0.1) is 0 Å². The van der Waals surface area contributed by atoms with Crippen molar-refractivity contribution >= 4 is 0 Å². The summed E-state index contributed by atoms with van der Waals surface area (Å²) in [6.45, 7) is 1.79. The highest BCUT2D eigenvalue weighted by molar-refractivity contribution is 4.57. The maximum atomic E-state index is 9.23. The van der Waals surface area contributed by atoms with E-state index in [0.29, 0.717) is 0 Å². The number of rotatable bonds is 6. The summed E-state index contributed by atoms with van der Waals surface area (Å²) < 4.78 is 0. The zero-order chi connectivity index (χ0) is 7.82. The highest BCUT2D eigenvalue weighted by Gasteiger charge is 2.00. The third kappa shape index (κ3) is 6.01. The normalized spacial score (nSPS) is 10.8. The lowest BCUT2D eigenvalue weighted by Gasteiger charge is -2.08. The molecule has 0 radical (unpaired) electrons. The number of aliphatic hydroxyl groups is 1. The van der Waals surface area contributed by atoms with Crippen molar-refractivity contribution in [2.45, 2.75) is 18.9 Å². The van der Waals surface area contributed by atoms with Crippen LogP contribution in [0.5, 0.6) is 0 Å². The molecule has 0 spiro atoms. The lowest BCUT2D eigenvalue weighted by molar-refractivity contribution is 0.155. The molecule has 0 aromatic carbocycles. The van der Waals surface area contributed by atoms with E-state index in [9.17, 15) is 5.11 Å². The Morgan fingerprint density at radius 1 is 1.10 bits per heavy atom. The van der Waals surface area contributed by atoms with E-state index < -0.39 is 0 Å². The summed E-state index contributed by atoms with van der Waals surface area (Å²) in [4.78, 5) is 0. The summed E-state index contributed by atoms with van der Waals surface area (Å²) in [5.41, 5.74) is 0. The Labute approximate surface area is 62.8 Å². The standard InChI is InChI=1S/C7H18N2O/c1-8-5-3-7(10)4-6-9-2/h7-10H,3-6H2,1-2H3. The average Bonchev–Trinajstić information content (AvgIpc) is 1.97. The Hall–Kier alpha value is -0.120. The summed E-state index contributed by atoms with van der Waals surface area (Å²) in [6.07, 6.45) is 1.54. The van der Waals surface area contributed by atoms with Crippen molar-refractivity contribution in [2.75, 3.05) is 27.2 Å². The van der Waals surface area contributed by atoms with E-state index >= 15 is 0 Å². The van der Waals surface area contributed by atoms with Gasteiger partial charge in [-0.1, -0.05) is 0 Å². The Morgan fingerprint density at radius 3 is 1.80 bits per heavy atom. The van der Waals surface area contributed by atoms with Crippen LogP contribution in [-0.2, 0) is 0 Å². The molecule has 0 aliphatic rings. The third-order valence-electron chi connectivity index (χ3n) is 1.46. The van der Waals surface area contributed by atoms with E-state index in [4.69, 9.17) is 0 Å². The van der Waals surface area contributed by atoms with Crippen LogP contribution >= 0.6 is 0 Å². The van der Waals surface area contributed by atoms with E-state index in [0.717, 1.165) is 25.9 Å². The van der Waals surface area contributed by atoms with Gasteiger partial charge >= 0.3 is 0 Å². The molecule has 0 bridgehead atoms. The molecule has 0 aromatic heterocycles. The zero-order valence-corrected chi connectivity index (χ0v) is 6.85. The van der Waals surface area contributed by atoms with Crippen molar-refractivity contribution in [1.29, 1.82) is 0 Å². The van der Waals surface area contributed by atoms with Gasteiger partial charge in [0.2, 0.25) is 0 Å². The summed E-state index contributed by atoms with van der Waals surface area (Å²) in [7, 11) is 3.79. The smallest absolute Gasteiger partial charge is 0.0564 e. The molecule has 0 heterocycles. The van der Waals surface area contributed by atoms with Gasteiger partial charge in [0.25, 0.3) is 0 Å². The minimum absolute atomic E-state index is 0.153. The Balaban J connectivity index is 3.00. The zero-order valence-electron chi connectivity index (χ0n) is 6.85. The Morgan fingerprint density at radius 2 is 1.50 bits per heavy atom. The third-order valence-corrected chi connectivity index (χ3v) is 1.46. The van der Waals surface area contributed by atoms with Crippen molar-refractivity contribution < 1.29 is 5.11 Å². The fourth-order valence-electron chi connectivity index (χ4n) is 0.766. The van der Waals surface area contributed by atoms with Crippen molar-refractivity contribution in [2.24, 2.45) is 0 Å². The van der Waals surface area contributed by atoms with Crippen LogP contribution in [0.2, 0.25) is 0 Å². The molecular weight excluding hydrogens is 128 g/mol. The van der Waals surface area contributed by atoms with Gasteiger partial charge in [-0.05, 0) is 40.0 Å². The Bertz CT molecular complexity index is 60.6. The van der Waals surface area contributed by atoms with Gasteiger partial charge in [0.15, 0.2) is 0 Å². The van der Waals surface area contributed by atoms with Crippen LogP contribution in [0.4, 0.5) is 0 Å². The minimum atomic E-state index is -0.153. The average molecular weight is 146 g/mol. The maximum absolute atomic E-state index is 9.23. The molecule has 0 rings (SSSR count). The van der Waals surface area contributed by atoms with Gasteiger partial charge in [-0.2, -0.15) is 0 Å². The molecule has 3 heteroatoms. The highest BCUT2D eigenvalue weighted by Crippen LogP contribution is 1.93. The summed E-state index contributed by atoms with van der Waals surface area (Å²) in [5.74, 6) is 0. The van der Waals surface area contributed by atoms with E-state index in [1.807, 2.05) is 14.1 Å². The molecule has 0 saturated carbocycles. The number of hydrogen-bond donors (Lipinski definition) is 3. The van der Waals surface area contributed by atoms with Crippen molar-refractivity contribution in [3.8, 4) is 0 Å². The van der Waals surface area contributed by atoms with Crippen molar-refractivity contribution in [3.05, 3.63) is 0 Å². The van der Waals surface area contributed by atoms with Crippen LogP contribution in [0.25, 0.3) is 0 Å². The van der Waals surface area contributed by atoms with Crippen LogP contribution in [0.3, 0.4) is 0 Å². The largest absolute Gasteiger partial charge is 0.393 e. The van der Waals surface area contributed by atoms with E-state index in [1.165, 1.54) is 0 Å². The second kappa shape index (κ2) is 6.99. The molecule has 0 aliphatic carbocycles. The molecule has 10 heavy (non-hydrogen) atoms. The molecule has 0 unspecified atom stereocenters. The molecule has 0 atom stereocenters. The van der Waals surface area contributed by atoms with Gasteiger partial charge in [0.1, 0.15) is 0 Å². The second-order valence-electron chi connectivity index (χ2n) is 2.44. The van der Waals surface area contributed by atoms with Gasteiger partial charge < -0.3 is 15.7 Å². The molecule has 0 fully saturated rings. The van der Waals surface area contributed by atoms with E-state index in [2.05, 4.69) is 10.6 Å². The number of aliphatic hydroxyl groups excluding tert-OH is 1. The monoisotopic (exact) mass is 146 g/mol. The van der Waals surface area contributed by atoms with Crippen molar-refractivity contribution in [3.63, 3.8) is 0 Å². The number of hydrogen-bond acceptors (Lipinski definition) is 3. The van der Waals surface area contributed by atoms with Crippen LogP contribution in [0.15, 0.2) is 0 Å². The quantitative estimate of drug-likeness (QED) is 0.476. The van der Waals surface area contributed by atoms with Gasteiger partial charge in [-0.25, -0.2) is 0 Å². The van der Waals surface area contributed by atoms with Crippen LogP contribution in [0, 0.1) is 0 Å². The van der Waals surface area contributed by atoms with E-state index in [1.54, 1.807) is 0 Å². The Kier molecular flexibility index (Phi) is 6.91. The summed E-state index contributed by atoms with van der Waals surface area (Å²) in [5, 5.41) is 15.2. The predicted molar refractivity (Wildman–Crippen MR) is 43.1 cm³/mol. The second-order valence-corrected chi connectivity index (χ2v) is 2.44. The predicted octanol–water partition coefficient (Wildman–Crippen LogP) is -0.434. The van der Waals surface area contributed by atoms with Crippen LogP contribution in [-0.4, -0.2) is 38.4 Å². The fourth-order valence-corrected chi connectivity index (χ4v) is 0.766. The van der Waals surface area contributed by atoms with Crippen molar-refractivity contribution in [1.82, 2.24) is 10.6 Å². The van der Waals surface area contributed by atoms with Gasteiger partial charge in [-0.3, -0.25) is 0 Å². The maximum Gasteiger partial charge on any atom is 0.0564 e. The summed E-state index contributed by atoms with van der Waals surface area (Å²) >= 11 is 0. The SMILES string of the molecule is CNCCC(O)CCNC. The lowest BCUT2D eigenvalue weighted by atomic mass is 10.2. The molecule has 0 saturated heterocycles. The first kappa shape index (κ1) is 9.88. The first-order valence-corrected chi connectivity index (χ1v) is 3.78. The molecule has 3 N–H and O–H groups in total.